The molecule has 0 aliphatic carbocycles. The molecule has 19 heavy (non-hydrogen) atoms. The zero-order valence-electron chi connectivity index (χ0n) is 10.6. The molecule has 0 aliphatic heterocycles. The SMILES string of the molecule is CCc1occc1C(Cl)Cc1nc2ccccc2s1. The second-order valence-electron chi connectivity index (χ2n) is 4.40. The second kappa shape index (κ2) is 5.35. The van der Waals surface area contributed by atoms with Crippen molar-refractivity contribution >= 4 is 33.2 Å². The lowest BCUT2D eigenvalue weighted by Gasteiger charge is -2.06. The van der Waals surface area contributed by atoms with Gasteiger partial charge in [0.25, 0.3) is 0 Å². The van der Waals surface area contributed by atoms with E-state index in [0.29, 0.717) is 0 Å². The van der Waals surface area contributed by atoms with Gasteiger partial charge in [-0.25, -0.2) is 4.98 Å². The Morgan fingerprint density at radius 2 is 2.16 bits per heavy atom. The molecule has 0 fully saturated rings. The fourth-order valence-corrected chi connectivity index (χ4v) is 3.63. The molecule has 1 atom stereocenters. The predicted molar refractivity (Wildman–Crippen MR) is 80.0 cm³/mol. The Balaban J connectivity index is 1.84. The molecule has 4 heteroatoms. The highest BCUT2D eigenvalue weighted by Gasteiger charge is 2.17. The van der Waals surface area contributed by atoms with Crippen LogP contribution in [0.15, 0.2) is 41.0 Å². The molecule has 2 heterocycles. The van der Waals surface area contributed by atoms with E-state index in [0.717, 1.165) is 34.7 Å². The lowest BCUT2D eigenvalue weighted by atomic mass is 10.1. The molecule has 0 amide bonds. The fourth-order valence-electron chi connectivity index (χ4n) is 2.19. The third-order valence-corrected chi connectivity index (χ3v) is 4.58. The maximum Gasteiger partial charge on any atom is 0.108 e. The minimum absolute atomic E-state index is 0.0748. The summed E-state index contributed by atoms with van der Waals surface area (Å²) in [4.78, 5) is 4.62. The Morgan fingerprint density at radius 3 is 2.95 bits per heavy atom. The van der Waals surface area contributed by atoms with Gasteiger partial charge in [0.15, 0.2) is 0 Å². The van der Waals surface area contributed by atoms with Crippen LogP contribution in [0.5, 0.6) is 0 Å². The normalized spacial score (nSPS) is 12.9. The summed E-state index contributed by atoms with van der Waals surface area (Å²) < 4.78 is 6.64. The molecule has 0 saturated heterocycles. The van der Waals surface area contributed by atoms with Crippen molar-refractivity contribution in [3.63, 3.8) is 0 Å². The maximum atomic E-state index is 6.50. The third-order valence-electron chi connectivity index (χ3n) is 3.13. The minimum Gasteiger partial charge on any atom is -0.469 e. The van der Waals surface area contributed by atoms with Gasteiger partial charge in [0.2, 0.25) is 0 Å². The first-order valence-corrected chi connectivity index (χ1v) is 7.58. The lowest BCUT2D eigenvalue weighted by Crippen LogP contribution is -1.97. The highest BCUT2D eigenvalue weighted by molar-refractivity contribution is 7.18. The number of alkyl halides is 1. The average Bonchev–Trinajstić information content (AvgIpc) is 3.03. The van der Waals surface area contributed by atoms with Gasteiger partial charge in [-0.15, -0.1) is 22.9 Å². The van der Waals surface area contributed by atoms with Gasteiger partial charge >= 0.3 is 0 Å². The molecule has 0 N–H and O–H groups in total. The molecule has 98 valence electrons. The van der Waals surface area contributed by atoms with Gasteiger partial charge in [0, 0.05) is 18.4 Å². The van der Waals surface area contributed by atoms with E-state index in [2.05, 4.69) is 18.0 Å². The number of halogens is 1. The second-order valence-corrected chi connectivity index (χ2v) is 6.04. The van der Waals surface area contributed by atoms with Crippen molar-refractivity contribution in [2.75, 3.05) is 0 Å². The summed E-state index contributed by atoms with van der Waals surface area (Å²) in [7, 11) is 0. The van der Waals surface area contributed by atoms with E-state index in [1.807, 2.05) is 24.3 Å². The number of hydrogen-bond donors (Lipinski definition) is 0. The van der Waals surface area contributed by atoms with Crippen LogP contribution in [0.4, 0.5) is 0 Å². The number of aromatic nitrogens is 1. The van der Waals surface area contributed by atoms with Crippen molar-refractivity contribution in [2.24, 2.45) is 0 Å². The van der Waals surface area contributed by atoms with Crippen LogP contribution in [0.2, 0.25) is 0 Å². The van der Waals surface area contributed by atoms with Gasteiger partial charge in [-0.3, -0.25) is 0 Å². The van der Waals surface area contributed by atoms with Gasteiger partial charge in [-0.1, -0.05) is 19.1 Å². The van der Waals surface area contributed by atoms with Gasteiger partial charge in [-0.05, 0) is 18.2 Å². The van der Waals surface area contributed by atoms with Crippen LogP contribution in [0.3, 0.4) is 0 Å². The number of thiazole rings is 1. The Hall–Kier alpha value is -1.32. The van der Waals surface area contributed by atoms with Crippen LogP contribution in [0.25, 0.3) is 10.2 Å². The van der Waals surface area contributed by atoms with Crippen molar-refractivity contribution in [3.05, 3.63) is 52.9 Å². The highest BCUT2D eigenvalue weighted by Crippen LogP contribution is 2.31. The molecule has 1 unspecified atom stereocenters. The molecule has 3 aromatic rings. The van der Waals surface area contributed by atoms with Crippen LogP contribution in [-0.2, 0) is 12.8 Å². The Labute approximate surface area is 121 Å². The standard InChI is InChI=1S/C15H14ClNOS/c1-2-13-10(7-8-18-13)11(16)9-15-17-12-5-3-4-6-14(12)19-15/h3-8,11H,2,9H2,1H3. The lowest BCUT2D eigenvalue weighted by molar-refractivity contribution is 0.510. The summed E-state index contributed by atoms with van der Waals surface area (Å²) in [6, 6.07) is 10.1. The van der Waals surface area contributed by atoms with Crippen molar-refractivity contribution in [1.29, 1.82) is 0 Å². The molecule has 2 nitrogen and oxygen atoms in total. The number of benzene rings is 1. The number of nitrogens with zero attached hydrogens (tertiary/aromatic N) is 1. The number of rotatable bonds is 4. The summed E-state index contributed by atoms with van der Waals surface area (Å²) in [5, 5.41) is 0.999. The van der Waals surface area contributed by atoms with Crippen LogP contribution >= 0.6 is 22.9 Å². The topological polar surface area (TPSA) is 26.0 Å². The summed E-state index contributed by atoms with van der Waals surface area (Å²) in [5.41, 5.74) is 2.14. The summed E-state index contributed by atoms with van der Waals surface area (Å²) in [6.45, 7) is 2.07. The van der Waals surface area contributed by atoms with Gasteiger partial charge < -0.3 is 4.42 Å². The average molecular weight is 292 g/mol. The van der Waals surface area contributed by atoms with Crippen LogP contribution in [-0.4, -0.2) is 4.98 Å². The number of aryl methyl sites for hydroxylation is 1. The minimum atomic E-state index is -0.0748. The Bertz CT molecular complexity index is 655. The Morgan fingerprint density at radius 1 is 1.32 bits per heavy atom. The highest BCUT2D eigenvalue weighted by atomic mass is 35.5. The van der Waals surface area contributed by atoms with Gasteiger partial charge in [0.05, 0.1) is 26.9 Å². The molecule has 0 aliphatic rings. The van der Waals surface area contributed by atoms with E-state index in [-0.39, 0.29) is 5.38 Å². The predicted octanol–water partition coefficient (Wildman–Crippen LogP) is 4.97. The van der Waals surface area contributed by atoms with Crippen LogP contribution in [0.1, 0.15) is 28.6 Å². The number of fused-ring (bicyclic) bond motifs is 1. The van der Waals surface area contributed by atoms with Crippen molar-refractivity contribution < 1.29 is 4.42 Å². The quantitative estimate of drug-likeness (QED) is 0.634. The maximum absolute atomic E-state index is 6.50. The summed E-state index contributed by atoms with van der Waals surface area (Å²) >= 11 is 8.21. The third kappa shape index (κ3) is 2.53. The van der Waals surface area contributed by atoms with Crippen LogP contribution in [0, 0.1) is 0 Å². The monoisotopic (exact) mass is 291 g/mol. The molecular weight excluding hydrogens is 278 g/mol. The van der Waals surface area contributed by atoms with Crippen molar-refractivity contribution in [2.45, 2.75) is 25.1 Å². The first-order valence-electron chi connectivity index (χ1n) is 6.32. The number of furan rings is 1. The van der Waals surface area contributed by atoms with Crippen LogP contribution < -0.4 is 0 Å². The van der Waals surface area contributed by atoms with E-state index < -0.39 is 0 Å². The van der Waals surface area contributed by atoms with E-state index in [4.69, 9.17) is 16.0 Å². The molecule has 0 saturated carbocycles. The zero-order valence-corrected chi connectivity index (χ0v) is 12.2. The first-order chi connectivity index (χ1) is 9.28. The fraction of sp³-hybridized carbons (Fsp3) is 0.267. The van der Waals surface area contributed by atoms with Crippen molar-refractivity contribution in [3.8, 4) is 0 Å². The Kier molecular flexibility index (Phi) is 3.58. The molecule has 1 aromatic carbocycles. The van der Waals surface area contributed by atoms with E-state index in [9.17, 15) is 0 Å². The van der Waals surface area contributed by atoms with E-state index in [1.165, 1.54) is 4.70 Å². The van der Waals surface area contributed by atoms with E-state index in [1.54, 1.807) is 17.6 Å². The molecule has 2 aromatic heterocycles. The summed E-state index contributed by atoms with van der Waals surface area (Å²) in [5.74, 6) is 0.973. The summed E-state index contributed by atoms with van der Waals surface area (Å²) in [6.07, 6.45) is 3.32. The first kappa shape index (κ1) is 12.7. The van der Waals surface area contributed by atoms with E-state index >= 15 is 0 Å². The zero-order chi connectivity index (χ0) is 13.2. The van der Waals surface area contributed by atoms with Crippen molar-refractivity contribution in [1.82, 2.24) is 4.98 Å². The molecule has 0 spiro atoms. The molecule has 3 rings (SSSR count). The van der Waals surface area contributed by atoms with Gasteiger partial charge in [0.1, 0.15) is 5.76 Å². The van der Waals surface area contributed by atoms with Gasteiger partial charge in [-0.2, -0.15) is 0 Å². The molecule has 0 bridgehead atoms. The molecular formula is C15H14ClNOS. The largest absolute Gasteiger partial charge is 0.469 e. The number of hydrogen-bond acceptors (Lipinski definition) is 3. The molecule has 0 radical (unpaired) electrons. The smallest absolute Gasteiger partial charge is 0.108 e. The number of para-hydroxylation sites is 1.